The molecule has 0 aliphatic carbocycles. The molecule has 0 spiro atoms. The van der Waals surface area contributed by atoms with Gasteiger partial charge >= 0.3 is 8.56 Å². The van der Waals surface area contributed by atoms with E-state index >= 15 is 0 Å². The van der Waals surface area contributed by atoms with E-state index in [-0.39, 0.29) is 11.0 Å². The van der Waals surface area contributed by atoms with Gasteiger partial charge in [-0.1, -0.05) is 26.8 Å². The average molecular weight is 249 g/mol. The first kappa shape index (κ1) is 17.5. The van der Waals surface area contributed by atoms with E-state index < -0.39 is 8.56 Å². The highest BCUT2D eigenvalue weighted by Crippen LogP contribution is 2.19. The van der Waals surface area contributed by atoms with Crippen molar-refractivity contribution in [1.29, 1.82) is 0 Å². The highest BCUT2D eigenvalue weighted by Gasteiger charge is 2.33. The zero-order valence-corrected chi connectivity index (χ0v) is 10.8. The van der Waals surface area contributed by atoms with Crippen molar-refractivity contribution in [3.63, 3.8) is 0 Å². The summed E-state index contributed by atoms with van der Waals surface area (Å²) in [6.07, 6.45) is 4.05. The van der Waals surface area contributed by atoms with Gasteiger partial charge in [-0.2, -0.15) is 0 Å². The zero-order chi connectivity index (χ0) is 10.9. The summed E-state index contributed by atoms with van der Waals surface area (Å²) in [6.45, 7) is 11.8. The molecule has 0 aromatic rings. The lowest BCUT2D eigenvalue weighted by atomic mass is 10.5. The Morgan fingerprint density at radius 3 is 1.80 bits per heavy atom. The van der Waals surface area contributed by atoms with Gasteiger partial charge in [0.1, 0.15) is 0 Å². The molecule has 92 valence electrons. The van der Waals surface area contributed by atoms with Gasteiger partial charge < -0.3 is 8.85 Å². The fraction of sp³-hybridized carbons (Fsp3) is 0.818. The molecule has 0 unspecified atom stereocenters. The molecule has 0 bridgehead atoms. The van der Waals surface area contributed by atoms with E-state index in [9.17, 15) is 0 Å². The molecule has 0 radical (unpaired) electrons. The van der Waals surface area contributed by atoms with Crippen LogP contribution in [0.15, 0.2) is 12.7 Å². The summed E-state index contributed by atoms with van der Waals surface area (Å²) in [5.41, 5.74) is 0. The third-order valence-corrected chi connectivity index (χ3v) is 5.58. The highest BCUT2D eigenvalue weighted by molar-refractivity contribution is 6.67. The van der Waals surface area contributed by atoms with Gasteiger partial charge in [0, 0.05) is 19.3 Å². The van der Waals surface area contributed by atoms with Gasteiger partial charge in [-0.25, -0.2) is 0 Å². The second-order valence-corrected chi connectivity index (χ2v) is 6.97. The Hall–Kier alpha value is 0.0938. The maximum atomic E-state index is 5.92. The van der Waals surface area contributed by atoms with Crippen molar-refractivity contribution in [3.05, 3.63) is 12.7 Å². The minimum absolute atomic E-state index is 0. The first-order valence-electron chi connectivity index (χ1n) is 5.63. The van der Waals surface area contributed by atoms with Gasteiger partial charge in [0.05, 0.1) is 0 Å². The molecule has 15 heavy (non-hydrogen) atoms. The van der Waals surface area contributed by atoms with Crippen LogP contribution in [0.25, 0.3) is 0 Å². The van der Waals surface area contributed by atoms with E-state index in [1.807, 2.05) is 6.08 Å². The van der Waals surface area contributed by atoms with Crippen molar-refractivity contribution in [3.8, 4) is 0 Å². The molecular formula is C11H28O2Si2. The van der Waals surface area contributed by atoms with Crippen molar-refractivity contribution < 1.29 is 8.85 Å². The Labute approximate surface area is 100 Å². The molecule has 0 aliphatic rings. The first-order chi connectivity index (χ1) is 6.74. The lowest BCUT2D eigenvalue weighted by molar-refractivity contribution is 0.171. The molecule has 0 aromatic heterocycles. The molecule has 0 rings (SSSR count). The third-order valence-electron chi connectivity index (χ3n) is 2.13. The molecule has 0 atom stereocenters. The summed E-state index contributed by atoms with van der Waals surface area (Å²) < 4.78 is 11.8. The lowest BCUT2D eigenvalue weighted by Crippen LogP contribution is -2.41. The van der Waals surface area contributed by atoms with Crippen molar-refractivity contribution in [2.75, 3.05) is 13.2 Å². The van der Waals surface area contributed by atoms with Crippen LogP contribution in [0.5, 0.6) is 0 Å². The van der Waals surface area contributed by atoms with E-state index in [0.29, 0.717) is 0 Å². The molecule has 0 fully saturated rings. The van der Waals surface area contributed by atoms with E-state index in [0.717, 1.165) is 38.1 Å². The second kappa shape index (κ2) is 10.6. The van der Waals surface area contributed by atoms with Gasteiger partial charge in [0.15, 0.2) is 0 Å². The predicted octanol–water partition coefficient (Wildman–Crippen LogP) is 2.04. The maximum Gasteiger partial charge on any atom is 0.341 e. The van der Waals surface area contributed by atoms with Crippen LogP contribution in [-0.4, -0.2) is 32.7 Å². The van der Waals surface area contributed by atoms with Gasteiger partial charge in [0.2, 0.25) is 0 Å². The van der Waals surface area contributed by atoms with Crippen molar-refractivity contribution in [1.82, 2.24) is 0 Å². The quantitative estimate of drug-likeness (QED) is 0.459. The van der Waals surface area contributed by atoms with Gasteiger partial charge in [0.25, 0.3) is 0 Å². The monoisotopic (exact) mass is 248 g/mol. The smallest absolute Gasteiger partial charge is 0.341 e. The number of hydrogen-bond acceptors (Lipinski definition) is 2. The summed E-state index contributed by atoms with van der Waals surface area (Å²) in [5, 5.41) is 0. The van der Waals surface area contributed by atoms with Crippen LogP contribution in [0.1, 0.15) is 33.6 Å². The topological polar surface area (TPSA) is 18.5 Å². The normalized spacial score (nSPS) is 10.9. The van der Waals surface area contributed by atoms with E-state index in [4.69, 9.17) is 8.85 Å². The van der Waals surface area contributed by atoms with Gasteiger partial charge in [-0.05, 0) is 29.9 Å². The van der Waals surface area contributed by atoms with E-state index in [2.05, 4.69) is 27.4 Å². The molecule has 0 saturated heterocycles. The van der Waals surface area contributed by atoms with Crippen molar-refractivity contribution in [2.45, 2.75) is 45.7 Å². The minimum atomic E-state index is -1.93. The summed E-state index contributed by atoms with van der Waals surface area (Å²) in [5.74, 6) is 0. The van der Waals surface area contributed by atoms with Crippen LogP contribution in [0, 0.1) is 0 Å². The number of allylic oxidation sites excluding steroid dienone is 1. The molecular weight excluding hydrogens is 220 g/mol. The lowest BCUT2D eigenvalue weighted by Gasteiger charge is -2.28. The fourth-order valence-electron chi connectivity index (χ4n) is 1.30. The second-order valence-electron chi connectivity index (χ2n) is 3.45. The Kier molecular flexibility index (Phi) is 12.4. The number of rotatable bonds is 9. The van der Waals surface area contributed by atoms with Gasteiger partial charge in [-0.3, -0.25) is 0 Å². The highest BCUT2D eigenvalue weighted by atomic mass is 28.4. The Morgan fingerprint density at radius 2 is 1.53 bits per heavy atom. The third kappa shape index (κ3) is 7.05. The fourth-order valence-corrected chi connectivity index (χ4v) is 3.91. The molecule has 0 saturated carbocycles. The van der Waals surface area contributed by atoms with Crippen LogP contribution in [0.2, 0.25) is 12.1 Å². The Bertz CT molecular complexity index is 144. The molecule has 0 heterocycles. The molecule has 0 aromatic carbocycles. The largest absolute Gasteiger partial charge is 0.394 e. The number of hydrogen-bond donors (Lipinski definition) is 0. The minimum Gasteiger partial charge on any atom is -0.394 e. The molecule has 0 amide bonds. The average Bonchev–Trinajstić information content (AvgIpc) is 2.22. The first-order valence-corrected chi connectivity index (χ1v) is 7.86. The van der Waals surface area contributed by atoms with Crippen LogP contribution < -0.4 is 0 Å². The summed E-state index contributed by atoms with van der Waals surface area (Å²) in [7, 11) is -1.93. The van der Waals surface area contributed by atoms with Crippen LogP contribution >= 0.6 is 0 Å². The molecule has 0 aliphatic heterocycles. The van der Waals surface area contributed by atoms with Gasteiger partial charge in [-0.15, -0.1) is 6.58 Å². The molecule has 4 heteroatoms. The predicted molar refractivity (Wildman–Crippen MR) is 75.1 cm³/mol. The van der Waals surface area contributed by atoms with Crippen LogP contribution in [0.3, 0.4) is 0 Å². The maximum absolute atomic E-state index is 5.92. The van der Waals surface area contributed by atoms with Crippen LogP contribution in [-0.2, 0) is 8.85 Å². The Morgan fingerprint density at radius 1 is 1.07 bits per heavy atom. The Balaban J connectivity index is 0. The summed E-state index contributed by atoms with van der Waals surface area (Å²) in [6, 6.07) is 1.92. The zero-order valence-electron chi connectivity index (χ0n) is 9.84. The van der Waals surface area contributed by atoms with Crippen molar-refractivity contribution >= 4 is 19.5 Å². The van der Waals surface area contributed by atoms with Crippen molar-refractivity contribution in [2.24, 2.45) is 0 Å². The standard InChI is InChI=1S/C11H24O2Si.H4Si/c1-5-9-12-14(8-4,11-7-3)13-10-6-2;/h7H,3,5-6,8-11H2,1-2,4H3;1H4. The molecule has 2 nitrogen and oxygen atoms in total. The summed E-state index contributed by atoms with van der Waals surface area (Å²) >= 11 is 0. The molecule has 0 N–H and O–H groups in total. The van der Waals surface area contributed by atoms with Crippen LogP contribution in [0.4, 0.5) is 0 Å². The van der Waals surface area contributed by atoms with E-state index in [1.165, 1.54) is 0 Å². The SMILES string of the molecule is C=CC[Si](CC)(OCCC)OCCC.[SiH4]. The summed E-state index contributed by atoms with van der Waals surface area (Å²) in [4.78, 5) is 0. The van der Waals surface area contributed by atoms with E-state index in [1.54, 1.807) is 0 Å².